The van der Waals surface area contributed by atoms with Crippen molar-refractivity contribution in [3.05, 3.63) is 60.2 Å². The molecule has 0 aliphatic rings. The zero-order valence-electron chi connectivity index (χ0n) is 14.5. The number of hydrogen-bond donors (Lipinski definition) is 1. The molecule has 0 fully saturated rings. The van der Waals surface area contributed by atoms with Crippen LogP contribution in [0.5, 0.6) is 0 Å². The molecule has 0 atom stereocenters. The van der Waals surface area contributed by atoms with Crippen LogP contribution in [0.1, 0.15) is 18.9 Å². The van der Waals surface area contributed by atoms with Crippen molar-refractivity contribution in [1.29, 1.82) is 0 Å². The van der Waals surface area contributed by atoms with Gasteiger partial charge in [-0.05, 0) is 49.9 Å². The van der Waals surface area contributed by atoms with E-state index in [1.807, 2.05) is 18.2 Å². The predicted molar refractivity (Wildman–Crippen MR) is 104 cm³/mol. The molecule has 0 aliphatic carbocycles. The number of rotatable bonds is 9. The number of amides is 1. The third kappa shape index (κ3) is 6.77. The smallest absolute Gasteiger partial charge is 0.221 e. The summed E-state index contributed by atoms with van der Waals surface area (Å²) < 4.78 is 0. The number of para-hydroxylation sites is 1. The van der Waals surface area contributed by atoms with Crippen molar-refractivity contribution in [1.82, 2.24) is 4.90 Å². The van der Waals surface area contributed by atoms with Crippen molar-refractivity contribution in [3.63, 3.8) is 0 Å². The summed E-state index contributed by atoms with van der Waals surface area (Å²) in [5.41, 5.74) is 2.30. The summed E-state index contributed by atoms with van der Waals surface area (Å²) in [6.45, 7) is 3.71. The van der Waals surface area contributed by atoms with Crippen molar-refractivity contribution in [2.24, 2.45) is 0 Å². The topological polar surface area (TPSA) is 32.3 Å². The molecule has 2 rings (SSSR count). The van der Waals surface area contributed by atoms with Crippen LogP contribution in [0.15, 0.2) is 59.5 Å². The molecule has 0 aromatic heterocycles. The van der Waals surface area contributed by atoms with Crippen LogP contribution in [0, 0.1) is 0 Å². The summed E-state index contributed by atoms with van der Waals surface area (Å²) in [5.74, 6) is 1.02. The molecule has 0 unspecified atom stereocenters. The summed E-state index contributed by atoms with van der Waals surface area (Å²) >= 11 is 1.80. The lowest BCUT2D eigenvalue weighted by Gasteiger charge is -2.16. The number of likely N-dealkylation sites (N-methyl/N-ethyl adjacent to an activating group) is 1. The van der Waals surface area contributed by atoms with E-state index in [1.54, 1.807) is 18.7 Å². The van der Waals surface area contributed by atoms with E-state index in [-0.39, 0.29) is 5.91 Å². The van der Waals surface area contributed by atoms with Crippen molar-refractivity contribution in [2.75, 3.05) is 31.2 Å². The minimum Gasteiger partial charge on any atom is -0.325 e. The average Bonchev–Trinajstić information content (AvgIpc) is 2.58. The SMILES string of the molecule is CC(=O)Nc1ccccc1SCCCN(C)CCc1ccccc1. The highest BCUT2D eigenvalue weighted by molar-refractivity contribution is 7.99. The summed E-state index contributed by atoms with van der Waals surface area (Å²) in [6.07, 6.45) is 2.22. The molecule has 0 aliphatic heterocycles. The van der Waals surface area contributed by atoms with Crippen LogP contribution < -0.4 is 5.32 Å². The van der Waals surface area contributed by atoms with Gasteiger partial charge in [-0.1, -0.05) is 42.5 Å². The van der Waals surface area contributed by atoms with Crippen LogP contribution >= 0.6 is 11.8 Å². The van der Waals surface area contributed by atoms with Crippen molar-refractivity contribution in [2.45, 2.75) is 24.7 Å². The van der Waals surface area contributed by atoms with E-state index < -0.39 is 0 Å². The Labute approximate surface area is 149 Å². The van der Waals surface area contributed by atoms with Gasteiger partial charge < -0.3 is 10.2 Å². The minimum atomic E-state index is -0.0244. The molecule has 0 radical (unpaired) electrons. The maximum absolute atomic E-state index is 11.2. The lowest BCUT2D eigenvalue weighted by Crippen LogP contribution is -2.22. The normalized spacial score (nSPS) is 10.8. The first-order valence-corrected chi connectivity index (χ1v) is 9.35. The third-order valence-corrected chi connectivity index (χ3v) is 4.92. The van der Waals surface area contributed by atoms with E-state index in [0.717, 1.165) is 42.3 Å². The molecule has 4 heteroatoms. The maximum Gasteiger partial charge on any atom is 0.221 e. The van der Waals surface area contributed by atoms with Gasteiger partial charge in [0.1, 0.15) is 0 Å². The van der Waals surface area contributed by atoms with E-state index >= 15 is 0 Å². The molecule has 128 valence electrons. The number of thioether (sulfide) groups is 1. The fourth-order valence-corrected chi connectivity index (χ4v) is 3.42. The Hall–Kier alpha value is -1.78. The number of hydrogen-bond acceptors (Lipinski definition) is 3. The minimum absolute atomic E-state index is 0.0244. The van der Waals surface area contributed by atoms with Gasteiger partial charge in [0.15, 0.2) is 0 Å². The van der Waals surface area contributed by atoms with E-state index in [0.29, 0.717) is 0 Å². The Morgan fingerprint density at radius 2 is 1.75 bits per heavy atom. The van der Waals surface area contributed by atoms with Gasteiger partial charge in [-0.15, -0.1) is 11.8 Å². The van der Waals surface area contributed by atoms with Crippen LogP contribution in [-0.4, -0.2) is 36.7 Å². The Balaban J connectivity index is 1.68. The molecule has 0 bridgehead atoms. The second-order valence-corrected chi connectivity index (χ2v) is 7.05. The highest BCUT2D eigenvalue weighted by Gasteiger charge is 2.04. The number of anilines is 1. The molecule has 0 saturated carbocycles. The Kier molecular flexibility index (Phi) is 7.86. The predicted octanol–water partition coefficient (Wildman–Crippen LogP) is 4.30. The molecular weight excluding hydrogens is 316 g/mol. The number of carbonyl (C=O) groups is 1. The van der Waals surface area contributed by atoms with E-state index in [9.17, 15) is 4.79 Å². The molecule has 0 spiro atoms. The molecule has 1 amide bonds. The van der Waals surface area contributed by atoms with Gasteiger partial charge >= 0.3 is 0 Å². The van der Waals surface area contributed by atoms with Crippen LogP contribution in [0.2, 0.25) is 0 Å². The number of benzene rings is 2. The largest absolute Gasteiger partial charge is 0.325 e. The van der Waals surface area contributed by atoms with E-state index in [4.69, 9.17) is 0 Å². The molecule has 2 aromatic rings. The second kappa shape index (κ2) is 10.2. The van der Waals surface area contributed by atoms with E-state index in [1.165, 1.54) is 5.56 Å². The van der Waals surface area contributed by atoms with Gasteiger partial charge in [0.25, 0.3) is 0 Å². The highest BCUT2D eigenvalue weighted by Crippen LogP contribution is 2.27. The van der Waals surface area contributed by atoms with Gasteiger partial charge in [0, 0.05) is 18.4 Å². The molecule has 0 heterocycles. The lowest BCUT2D eigenvalue weighted by atomic mass is 10.1. The van der Waals surface area contributed by atoms with E-state index in [2.05, 4.69) is 53.7 Å². The standard InChI is InChI=1S/C20H26N2OS/c1-17(23)21-19-11-6-7-12-20(19)24-16-8-14-22(2)15-13-18-9-4-3-5-10-18/h3-7,9-12H,8,13-16H2,1-2H3,(H,21,23). The number of nitrogens with one attached hydrogen (secondary N) is 1. The molecule has 2 aromatic carbocycles. The molecule has 0 saturated heterocycles. The third-order valence-electron chi connectivity index (χ3n) is 3.76. The maximum atomic E-state index is 11.2. The summed E-state index contributed by atoms with van der Waals surface area (Å²) in [5, 5.41) is 2.89. The van der Waals surface area contributed by atoms with Crippen LogP contribution in [0.25, 0.3) is 0 Å². The summed E-state index contributed by atoms with van der Waals surface area (Å²) in [4.78, 5) is 14.8. The Morgan fingerprint density at radius 1 is 1.04 bits per heavy atom. The fraction of sp³-hybridized carbons (Fsp3) is 0.350. The highest BCUT2D eigenvalue weighted by atomic mass is 32.2. The lowest BCUT2D eigenvalue weighted by molar-refractivity contribution is -0.114. The molecule has 3 nitrogen and oxygen atoms in total. The number of nitrogens with zero attached hydrogens (tertiary/aromatic N) is 1. The first kappa shape index (κ1) is 18.6. The van der Waals surface area contributed by atoms with Gasteiger partial charge in [0.05, 0.1) is 5.69 Å². The molecule has 24 heavy (non-hydrogen) atoms. The zero-order valence-corrected chi connectivity index (χ0v) is 15.3. The van der Waals surface area contributed by atoms with Crippen LogP contribution in [0.3, 0.4) is 0 Å². The quantitative estimate of drug-likeness (QED) is 0.545. The monoisotopic (exact) mass is 342 g/mol. The van der Waals surface area contributed by atoms with Crippen molar-refractivity contribution >= 4 is 23.4 Å². The van der Waals surface area contributed by atoms with Gasteiger partial charge in [-0.2, -0.15) is 0 Å². The first-order chi connectivity index (χ1) is 11.6. The number of carbonyl (C=O) groups excluding carboxylic acids is 1. The first-order valence-electron chi connectivity index (χ1n) is 8.37. The van der Waals surface area contributed by atoms with Gasteiger partial charge in [-0.25, -0.2) is 0 Å². The Morgan fingerprint density at radius 3 is 2.50 bits per heavy atom. The Bertz CT molecular complexity index is 631. The fourth-order valence-electron chi connectivity index (χ4n) is 2.48. The summed E-state index contributed by atoms with van der Waals surface area (Å²) in [7, 11) is 2.18. The van der Waals surface area contributed by atoms with Crippen molar-refractivity contribution < 1.29 is 4.79 Å². The van der Waals surface area contributed by atoms with Crippen molar-refractivity contribution in [3.8, 4) is 0 Å². The molecule has 1 N–H and O–H groups in total. The van der Waals surface area contributed by atoms with Gasteiger partial charge in [-0.3, -0.25) is 4.79 Å². The van der Waals surface area contributed by atoms with Gasteiger partial charge in [0.2, 0.25) is 5.91 Å². The summed E-state index contributed by atoms with van der Waals surface area (Å²) in [6, 6.07) is 18.6. The zero-order chi connectivity index (χ0) is 17.2. The molecular formula is C20H26N2OS. The van der Waals surface area contributed by atoms with Crippen LogP contribution in [-0.2, 0) is 11.2 Å². The second-order valence-electron chi connectivity index (χ2n) is 5.92. The van der Waals surface area contributed by atoms with Crippen LogP contribution in [0.4, 0.5) is 5.69 Å². The average molecular weight is 343 g/mol.